The van der Waals surface area contributed by atoms with E-state index in [0.29, 0.717) is 22.8 Å². The molecular weight excluding hydrogens is 432 g/mol. The van der Waals surface area contributed by atoms with Crippen molar-refractivity contribution in [2.75, 3.05) is 27.3 Å². The van der Waals surface area contributed by atoms with Gasteiger partial charge in [-0.25, -0.2) is 27.2 Å². The fourth-order valence-corrected chi connectivity index (χ4v) is 3.92. The Kier molecular flexibility index (Phi) is 7.26. The van der Waals surface area contributed by atoms with Gasteiger partial charge in [0.2, 0.25) is 10.0 Å². The van der Waals surface area contributed by atoms with Crippen LogP contribution in [0.15, 0.2) is 59.8 Å². The van der Waals surface area contributed by atoms with E-state index in [0.717, 1.165) is 4.31 Å². The minimum Gasteiger partial charge on any atom is -0.490 e. The highest BCUT2D eigenvalue weighted by molar-refractivity contribution is 7.89. The Morgan fingerprint density at radius 1 is 1.09 bits per heavy atom. The number of nitrogens with zero attached hydrogens (tertiary/aromatic N) is 4. The molecule has 0 radical (unpaired) electrons. The van der Waals surface area contributed by atoms with Crippen molar-refractivity contribution in [2.45, 2.75) is 24.7 Å². The van der Waals surface area contributed by atoms with Crippen LogP contribution in [-0.4, -0.2) is 60.8 Å². The van der Waals surface area contributed by atoms with Crippen molar-refractivity contribution in [3.8, 4) is 11.6 Å². The molecule has 0 atom stereocenters. The fourth-order valence-electron chi connectivity index (χ4n) is 3.02. The zero-order valence-corrected chi connectivity index (χ0v) is 19.2. The van der Waals surface area contributed by atoms with E-state index < -0.39 is 16.0 Å². The first-order valence-electron chi connectivity index (χ1n) is 10.0. The first-order chi connectivity index (χ1) is 15.2. The molecule has 0 unspecified atom stereocenters. The van der Waals surface area contributed by atoms with Crippen molar-refractivity contribution < 1.29 is 22.7 Å². The van der Waals surface area contributed by atoms with Gasteiger partial charge in [-0.15, -0.1) is 0 Å². The molecule has 170 valence electrons. The molecule has 0 saturated carbocycles. The predicted molar refractivity (Wildman–Crippen MR) is 119 cm³/mol. The Hall–Kier alpha value is -3.24. The van der Waals surface area contributed by atoms with Crippen LogP contribution in [0.25, 0.3) is 5.82 Å². The average molecular weight is 459 g/mol. The fraction of sp³-hybridized carbons (Fsp3) is 0.318. The summed E-state index contributed by atoms with van der Waals surface area (Å²) in [5.74, 6) is 0.630. The van der Waals surface area contributed by atoms with E-state index in [1.165, 1.54) is 32.4 Å². The van der Waals surface area contributed by atoms with Crippen LogP contribution in [0.4, 0.5) is 0 Å². The maximum Gasteiger partial charge on any atom is 0.341 e. The number of rotatable bonds is 9. The number of hydrogen-bond acceptors (Lipinski definition) is 7. The summed E-state index contributed by atoms with van der Waals surface area (Å²) in [6.07, 6.45) is 3.15. The molecule has 0 amide bonds. The normalized spacial score (nSPS) is 11.7. The monoisotopic (exact) mass is 458 g/mol. The summed E-state index contributed by atoms with van der Waals surface area (Å²) in [5, 5.41) is 4.31. The molecule has 2 aromatic heterocycles. The molecule has 0 spiro atoms. The molecule has 0 fully saturated rings. The SMILES string of the molecule is CC(C)c1c(C(=O)OCCOc2ccc(S(=O)(=O)N(C)C)cc2)cnn1-c1ccccn1. The first-order valence-corrected chi connectivity index (χ1v) is 11.5. The number of benzene rings is 1. The Bertz CT molecular complexity index is 1160. The van der Waals surface area contributed by atoms with Crippen LogP contribution in [0, 0.1) is 0 Å². The van der Waals surface area contributed by atoms with Crippen molar-refractivity contribution in [2.24, 2.45) is 0 Å². The van der Waals surface area contributed by atoms with E-state index in [2.05, 4.69) is 10.1 Å². The lowest BCUT2D eigenvalue weighted by molar-refractivity contribution is 0.0448. The van der Waals surface area contributed by atoms with Crippen LogP contribution in [0.5, 0.6) is 5.75 Å². The number of sulfonamides is 1. The van der Waals surface area contributed by atoms with Crippen molar-refractivity contribution >= 4 is 16.0 Å². The topological polar surface area (TPSA) is 104 Å². The van der Waals surface area contributed by atoms with E-state index in [1.807, 2.05) is 32.0 Å². The van der Waals surface area contributed by atoms with Crippen molar-refractivity contribution in [1.29, 1.82) is 0 Å². The number of pyridine rings is 1. The molecule has 0 bridgehead atoms. The lowest BCUT2D eigenvalue weighted by Crippen LogP contribution is -2.22. The third-order valence-electron chi connectivity index (χ3n) is 4.63. The maximum absolute atomic E-state index is 12.6. The summed E-state index contributed by atoms with van der Waals surface area (Å²) in [6, 6.07) is 11.5. The maximum atomic E-state index is 12.6. The van der Waals surface area contributed by atoms with Gasteiger partial charge < -0.3 is 9.47 Å². The third-order valence-corrected chi connectivity index (χ3v) is 6.46. The van der Waals surface area contributed by atoms with Gasteiger partial charge in [-0.2, -0.15) is 5.10 Å². The molecule has 0 saturated heterocycles. The Balaban J connectivity index is 1.59. The van der Waals surface area contributed by atoms with Crippen LogP contribution >= 0.6 is 0 Å². The molecule has 9 nitrogen and oxygen atoms in total. The number of carbonyl (C=O) groups is 1. The number of hydrogen-bond donors (Lipinski definition) is 0. The third kappa shape index (κ3) is 5.14. The highest BCUT2D eigenvalue weighted by Crippen LogP contribution is 2.23. The zero-order valence-electron chi connectivity index (χ0n) is 18.4. The van der Waals surface area contributed by atoms with E-state index in [-0.39, 0.29) is 24.0 Å². The minimum absolute atomic E-state index is 0.0234. The molecule has 1 aromatic carbocycles. The predicted octanol–water partition coefficient (Wildman–Crippen LogP) is 2.88. The van der Waals surface area contributed by atoms with E-state index in [4.69, 9.17) is 9.47 Å². The summed E-state index contributed by atoms with van der Waals surface area (Å²) in [7, 11) is -0.552. The molecule has 0 aliphatic carbocycles. The molecule has 3 rings (SSSR count). The largest absolute Gasteiger partial charge is 0.490 e. The summed E-state index contributed by atoms with van der Waals surface area (Å²) in [6.45, 7) is 4.09. The van der Waals surface area contributed by atoms with Gasteiger partial charge in [0, 0.05) is 20.3 Å². The first kappa shape index (κ1) is 23.4. The van der Waals surface area contributed by atoms with Crippen molar-refractivity contribution in [3.63, 3.8) is 0 Å². The second kappa shape index (κ2) is 9.92. The van der Waals surface area contributed by atoms with Crippen LogP contribution in [0.3, 0.4) is 0 Å². The molecule has 2 heterocycles. The highest BCUT2D eigenvalue weighted by Gasteiger charge is 2.22. The van der Waals surface area contributed by atoms with Gasteiger partial charge in [0.25, 0.3) is 0 Å². The van der Waals surface area contributed by atoms with Gasteiger partial charge in [0.05, 0.1) is 16.8 Å². The molecular formula is C22H26N4O5S. The summed E-state index contributed by atoms with van der Waals surface area (Å²) < 4.78 is 37.9. The standard InChI is InChI=1S/C22H26N4O5S/c1-16(2)21-19(15-24-26(21)20-7-5-6-12-23-20)22(27)31-14-13-30-17-8-10-18(11-9-17)32(28,29)25(3)4/h5-12,15-16H,13-14H2,1-4H3. The molecule has 0 aliphatic heterocycles. The lowest BCUT2D eigenvalue weighted by atomic mass is 10.1. The van der Waals surface area contributed by atoms with Crippen molar-refractivity contribution in [1.82, 2.24) is 19.1 Å². The minimum atomic E-state index is -3.49. The average Bonchev–Trinajstić information content (AvgIpc) is 3.23. The quantitative estimate of drug-likeness (QED) is 0.359. The summed E-state index contributed by atoms with van der Waals surface area (Å²) >= 11 is 0. The molecule has 0 aliphatic rings. The number of carbonyl (C=O) groups excluding carboxylic acids is 1. The highest BCUT2D eigenvalue weighted by atomic mass is 32.2. The smallest absolute Gasteiger partial charge is 0.341 e. The zero-order chi connectivity index (χ0) is 23.3. The van der Waals surface area contributed by atoms with Gasteiger partial charge in [-0.3, -0.25) is 0 Å². The van der Waals surface area contributed by atoms with E-state index in [1.54, 1.807) is 23.0 Å². The number of esters is 1. The number of aromatic nitrogens is 3. The van der Waals surface area contributed by atoms with Gasteiger partial charge in [-0.1, -0.05) is 19.9 Å². The van der Waals surface area contributed by atoms with Crippen molar-refractivity contribution in [3.05, 3.63) is 66.1 Å². The van der Waals surface area contributed by atoms with Crippen LogP contribution in [0.2, 0.25) is 0 Å². The van der Waals surface area contributed by atoms with E-state index >= 15 is 0 Å². The lowest BCUT2D eigenvalue weighted by Gasteiger charge is -2.13. The van der Waals surface area contributed by atoms with Gasteiger partial charge in [0.1, 0.15) is 24.5 Å². The molecule has 0 N–H and O–H groups in total. The summed E-state index contributed by atoms with van der Waals surface area (Å²) in [5.41, 5.74) is 1.09. The molecule has 10 heteroatoms. The van der Waals surface area contributed by atoms with Crippen LogP contribution in [0.1, 0.15) is 35.8 Å². The van der Waals surface area contributed by atoms with Crippen LogP contribution in [-0.2, 0) is 14.8 Å². The Labute approximate surface area is 187 Å². The van der Waals surface area contributed by atoms with Gasteiger partial charge in [0.15, 0.2) is 5.82 Å². The number of ether oxygens (including phenoxy) is 2. The van der Waals surface area contributed by atoms with Gasteiger partial charge >= 0.3 is 5.97 Å². The second-order valence-electron chi connectivity index (χ2n) is 7.44. The van der Waals surface area contributed by atoms with Gasteiger partial charge in [-0.05, 0) is 42.3 Å². The Morgan fingerprint density at radius 3 is 2.41 bits per heavy atom. The molecule has 32 heavy (non-hydrogen) atoms. The Morgan fingerprint density at radius 2 is 1.81 bits per heavy atom. The summed E-state index contributed by atoms with van der Waals surface area (Å²) in [4.78, 5) is 17.1. The second-order valence-corrected chi connectivity index (χ2v) is 9.59. The molecule has 3 aromatic rings. The van der Waals surface area contributed by atoms with E-state index in [9.17, 15) is 13.2 Å². The van der Waals surface area contributed by atoms with Crippen LogP contribution < -0.4 is 4.74 Å².